The van der Waals surface area contributed by atoms with E-state index in [9.17, 15) is 9.59 Å². The lowest BCUT2D eigenvalue weighted by atomic mass is 10.1. The van der Waals surface area contributed by atoms with Crippen LogP contribution in [0.5, 0.6) is 0 Å². The summed E-state index contributed by atoms with van der Waals surface area (Å²) in [7, 11) is 0. The molecule has 2 aromatic rings. The summed E-state index contributed by atoms with van der Waals surface area (Å²) in [6.07, 6.45) is 0. The van der Waals surface area contributed by atoms with Crippen molar-refractivity contribution in [2.45, 2.75) is 0 Å². The van der Waals surface area contributed by atoms with Crippen LogP contribution in [0.4, 0.5) is 11.4 Å². The Morgan fingerprint density at radius 1 is 0.833 bits per heavy atom. The van der Waals surface area contributed by atoms with Gasteiger partial charge in [0.2, 0.25) is 0 Å². The zero-order valence-electron chi connectivity index (χ0n) is 9.46. The first-order valence-corrected chi connectivity index (χ1v) is 5.36. The number of ketones is 1. The van der Waals surface area contributed by atoms with E-state index in [1.807, 2.05) is 30.3 Å². The first-order valence-electron chi connectivity index (χ1n) is 5.36. The number of carbonyl (C=O) groups is 2. The third-order valence-corrected chi connectivity index (χ3v) is 2.40. The molecule has 0 aliphatic rings. The number of carboxylic acid groups (broad SMARTS) is 1. The van der Waals surface area contributed by atoms with E-state index in [4.69, 9.17) is 5.11 Å². The highest BCUT2D eigenvalue weighted by molar-refractivity contribution is 6.39. The van der Waals surface area contributed by atoms with Crippen LogP contribution in [0.1, 0.15) is 10.4 Å². The lowest BCUT2D eigenvalue weighted by Crippen LogP contribution is -2.12. The molecule has 0 atom stereocenters. The largest absolute Gasteiger partial charge is 0.475 e. The van der Waals surface area contributed by atoms with Gasteiger partial charge in [0.15, 0.2) is 0 Å². The van der Waals surface area contributed by atoms with Crippen LogP contribution >= 0.6 is 0 Å². The number of hydrogen-bond donors (Lipinski definition) is 2. The summed E-state index contributed by atoms with van der Waals surface area (Å²) in [5.74, 6) is -2.35. The average Bonchev–Trinajstić information content (AvgIpc) is 2.40. The summed E-state index contributed by atoms with van der Waals surface area (Å²) in [5, 5.41) is 11.7. The van der Waals surface area contributed by atoms with Crippen molar-refractivity contribution in [1.82, 2.24) is 0 Å². The molecule has 2 rings (SSSR count). The van der Waals surface area contributed by atoms with Crippen molar-refractivity contribution in [3.63, 3.8) is 0 Å². The molecule has 0 amide bonds. The molecular weight excluding hydrogens is 230 g/mol. The molecule has 0 aromatic heterocycles. The Labute approximate surface area is 104 Å². The molecule has 0 spiro atoms. The highest BCUT2D eigenvalue weighted by Crippen LogP contribution is 2.16. The summed E-state index contributed by atoms with van der Waals surface area (Å²) in [5.41, 5.74) is 1.89. The van der Waals surface area contributed by atoms with E-state index in [2.05, 4.69) is 5.32 Å². The quantitative estimate of drug-likeness (QED) is 0.638. The van der Waals surface area contributed by atoms with Crippen LogP contribution in [-0.2, 0) is 4.79 Å². The molecule has 0 heterocycles. The van der Waals surface area contributed by atoms with E-state index in [0.29, 0.717) is 0 Å². The SMILES string of the molecule is O=C(O)C(=O)c1ccc(Nc2ccccc2)cc1. The molecule has 2 aromatic carbocycles. The standard InChI is InChI=1S/C14H11NO3/c16-13(14(17)18)10-6-8-12(9-7-10)15-11-4-2-1-3-5-11/h1-9,15H,(H,17,18). The maximum absolute atomic E-state index is 11.2. The average molecular weight is 241 g/mol. The Hall–Kier alpha value is -2.62. The fraction of sp³-hybridized carbons (Fsp3) is 0. The molecule has 0 unspecified atom stereocenters. The Morgan fingerprint density at radius 2 is 1.39 bits per heavy atom. The van der Waals surface area contributed by atoms with E-state index in [1.54, 1.807) is 12.1 Å². The third-order valence-electron chi connectivity index (χ3n) is 2.40. The highest BCUT2D eigenvalue weighted by Gasteiger charge is 2.13. The number of carbonyl (C=O) groups excluding carboxylic acids is 1. The fourth-order valence-electron chi connectivity index (χ4n) is 1.52. The summed E-state index contributed by atoms with van der Waals surface area (Å²) < 4.78 is 0. The number of benzene rings is 2. The first-order chi connectivity index (χ1) is 8.66. The number of hydrogen-bond acceptors (Lipinski definition) is 3. The number of aliphatic carboxylic acids is 1. The maximum Gasteiger partial charge on any atom is 0.377 e. The second-order valence-electron chi connectivity index (χ2n) is 3.70. The minimum absolute atomic E-state index is 0.168. The normalized spacial score (nSPS) is 9.78. The van der Waals surface area contributed by atoms with Crippen LogP contribution in [0, 0.1) is 0 Å². The fourth-order valence-corrected chi connectivity index (χ4v) is 1.52. The molecular formula is C14H11NO3. The number of carboxylic acids is 1. The smallest absolute Gasteiger partial charge is 0.377 e. The number of nitrogens with one attached hydrogen (secondary N) is 1. The van der Waals surface area contributed by atoms with Crippen molar-refractivity contribution in [2.75, 3.05) is 5.32 Å². The van der Waals surface area contributed by atoms with Crippen molar-refractivity contribution in [1.29, 1.82) is 0 Å². The van der Waals surface area contributed by atoms with Crippen LogP contribution in [0.25, 0.3) is 0 Å². The van der Waals surface area contributed by atoms with Gasteiger partial charge in [-0.1, -0.05) is 18.2 Å². The van der Waals surface area contributed by atoms with Crippen molar-refractivity contribution in [3.05, 3.63) is 60.2 Å². The molecule has 4 heteroatoms. The van der Waals surface area contributed by atoms with Crippen molar-refractivity contribution >= 4 is 23.1 Å². The molecule has 0 aliphatic carbocycles. The van der Waals surface area contributed by atoms with Gasteiger partial charge in [-0.25, -0.2) is 4.79 Å². The van der Waals surface area contributed by atoms with Gasteiger partial charge in [0.25, 0.3) is 5.78 Å². The van der Waals surface area contributed by atoms with E-state index in [0.717, 1.165) is 11.4 Å². The predicted molar refractivity (Wildman–Crippen MR) is 68.1 cm³/mol. The molecule has 0 saturated carbocycles. The van der Waals surface area contributed by atoms with Gasteiger partial charge in [-0.2, -0.15) is 0 Å². The predicted octanol–water partition coefficient (Wildman–Crippen LogP) is 2.70. The second-order valence-corrected chi connectivity index (χ2v) is 3.70. The number of Topliss-reactive ketones (excluding diaryl/α,β-unsaturated/α-hetero) is 1. The van der Waals surface area contributed by atoms with Crippen LogP contribution in [0.2, 0.25) is 0 Å². The zero-order valence-corrected chi connectivity index (χ0v) is 9.46. The van der Waals surface area contributed by atoms with Crippen LogP contribution < -0.4 is 5.32 Å². The molecule has 0 aliphatic heterocycles. The van der Waals surface area contributed by atoms with Gasteiger partial charge in [0.05, 0.1) is 0 Å². The second kappa shape index (κ2) is 5.14. The van der Waals surface area contributed by atoms with Crippen LogP contribution in [0.3, 0.4) is 0 Å². The van der Waals surface area contributed by atoms with Gasteiger partial charge in [-0.05, 0) is 36.4 Å². The Balaban J connectivity index is 2.13. The summed E-state index contributed by atoms with van der Waals surface area (Å²) in [6.45, 7) is 0. The minimum atomic E-state index is -1.45. The van der Waals surface area contributed by atoms with Crippen LogP contribution in [0.15, 0.2) is 54.6 Å². The molecule has 0 saturated heterocycles. The van der Waals surface area contributed by atoms with Gasteiger partial charge in [-0.3, -0.25) is 4.79 Å². The van der Waals surface area contributed by atoms with Gasteiger partial charge in [0.1, 0.15) is 0 Å². The Kier molecular flexibility index (Phi) is 3.38. The van der Waals surface area contributed by atoms with E-state index >= 15 is 0 Å². The lowest BCUT2D eigenvalue weighted by molar-refractivity contribution is -0.131. The van der Waals surface area contributed by atoms with E-state index < -0.39 is 11.8 Å². The van der Waals surface area contributed by atoms with Crippen molar-refractivity contribution in [3.8, 4) is 0 Å². The number of anilines is 2. The van der Waals surface area contributed by atoms with Gasteiger partial charge in [0, 0.05) is 16.9 Å². The molecule has 18 heavy (non-hydrogen) atoms. The van der Waals surface area contributed by atoms with Gasteiger partial charge >= 0.3 is 5.97 Å². The van der Waals surface area contributed by atoms with Gasteiger partial charge in [-0.15, -0.1) is 0 Å². The molecule has 2 N–H and O–H groups in total. The summed E-state index contributed by atoms with van der Waals surface area (Å²) >= 11 is 0. The maximum atomic E-state index is 11.2. The van der Waals surface area contributed by atoms with Crippen molar-refractivity contribution in [2.24, 2.45) is 0 Å². The van der Waals surface area contributed by atoms with E-state index in [1.165, 1.54) is 12.1 Å². The summed E-state index contributed by atoms with van der Waals surface area (Å²) in [4.78, 5) is 21.7. The van der Waals surface area contributed by atoms with Crippen LogP contribution in [-0.4, -0.2) is 16.9 Å². The molecule has 0 bridgehead atoms. The minimum Gasteiger partial charge on any atom is -0.475 e. The molecule has 0 radical (unpaired) electrons. The Morgan fingerprint density at radius 3 is 1.94 bits per heavy atom. The molecule has 0 fully saturated rings. The first kappa shape index (κ1) is 11.9. The highest BCUT2D eigenvalue weighted by atomic mass is 16.4. The zero-order chi connectivity index (χ0) is 13.0. The van der Waals surface area contributed by atoms with Crippen molar-refractivity contribution < 1.29 is 14.7 Å². The molecule has 90 valence electrons. The third kappa shape index (κ3) is 2.74. The van der Waals surface area contributed by atoms with E-state index in [-0.39, 0.29) is 5.56 Å². The van der Waals surface area contributed by atoms with Gasteiger partial charge < -0.3 is 10.4 Å². The summed E-state index contributed by atoms with van der Waals surface area (Å²) in [6, 6.07) is 15.9. The monoisotopic (exact) mass is 241 g/mol. The topological polar surface area (TPSA) is 66.4 Å². The number of rotatable bonds is 4. The molecule has 4 nitrogen and oxygen atoms in total. The lowest BCUT2D eigenvalue weighted by Gasteiger charge is -2.06. The number of para-hydroxylation sites is 1. The Bertz CT molecular complexity index is 561.